The summed E-state index contributed by atoms with van der Waals surface area (Å²) in [5, 5.41) is 3.11. The van der Waals surface area contributed by atoms with Gasteiger partial charge in [-0.2, -0.15) is 4.31 Å². The van der Waals surface area contributed by atoms with E-state index in [1.54, 1.807) is 10.4 Å². The minimum atomic E-state index is -3.31. The van der Waals surface area contributed by atoms with Gasteiger partial charge in [0.05, 0.1) is 8.68 Å². The Labute approximate surface area is 133 Å². The van der Waals surface area contributed by atoms with Gasteiger partial charge in [0.1, 0.15) is 0 Å². The number of hydrogen-bond donors (Lipinski definition) is 1. The van der Waals surface area contributed by atoms with Crippen molar-refractivity contribution in [2.24, 2.45) is 5.92 Å². The van der Waals surface area contributed by atoms with Crippen molar-refractivity contribution >= 4 is 49.7 Å². The van der Waals surface area contributed by atoms with Crippen molar-refractivity contribution in [3.05, 3.63) is 14.7 Å². The minimum absolute atomic E-state index is 0. The Morgan fingerprint density at radius 2 is 2.26 bits per heavy atom. The van der Waals surface area contributed by atoms with E-state index < -0.39 is 10.0 Å². The lowest BCUT2D eigenvalue weighted by Crippen LogP contribution is -2.30. The second-order valence-electron chi connectivity index (χ2n) is 4.55. The zero-order valence-corrected chi connectivity index (χ0v) is 14.9. The maximum Gasteiger partial charge on any atom is 0.244 e. The van der Waals surface area contributed by atoms with Crippen LogP contribution in [0.25, 0.3) is 0 Å². The summed E-state index contributed by atoms with van der Waals surface area (Å²) in [6.07, 6.45) is 0.935. The summed E-state index contributed by atoms with van der Waals surface area (Å²) in [6.45, 7) is 3.97. The zero-order chi connectivity index (χ0) is 13.3. The molecule has 0 radical (unpaired) electrons. The van der Waals surface area contributed by atoms with Gasteiger partial charge in [0.25, 0.3) is 0 Å². The number of nitrogens with one attached hydrogen (secondary N) is 1. The number of rotatable bonds is 4. The Balaban J connectivity index is 0.00000180. The Hall–Kier alpha value is 0.340. The van der Waals surface area contributed by atoms with Crippen LogP contribution in [0.4, 0.5) is 0 Å². The quantitative estimate of drug-likeness (QED) is 0.860. The van der Waals surface area contributed by atoms with Gasteiger partial charge in [0.15, 0.2) is 0 Å². The fraction of sp³-hybridized carbons (Fsp3) is 0.636. The van der Waals surface area contributed by atoms with E-state index in [4.69, 9.17) is 0 Å². The molecule has 0 aromatic carbocycles. The number of hydrogen-bond acceptors (Lipinski definition) is 4. The summed E-state index contributed by atoms with van der Waals surface area (Å²) in [5.41, 5.74) is 0. The Kier molecular flexibility index (Phi) is 6.28. The molecular formula is C11H18BrClN2O2S2. The van der Waals surface area contributed by atoms with Gasteiger partial charge in [-0.15, -0.1) is 23.7 Å². The molecule has 0 amide bonds. The predicted octanol–water partition coefficient (Wildman–Crippen LogP) is 2.47. The van der Waals surface area contributed by atoms with Crippen LogP contribution in [0.2, 0.25) is 0 Å². The molecule has 2 heterocycles. The lowest BCUT2D eigenvalue weighted by Gasteiger charge is -2.16. The van der Waals surface area contributed by atoms with E-state index in [2.05, 4.69) is 21.2 Å². The normalized spacial score (nSPS) is 20.5. The lowest BCUT2D eigenvalue weighted by atomic mass is 10.1. The average molecular weight is 390 g/mol. The summed E-state index contributed by atoms with van der Waals surface area (Å²) >= 11 is 4.81. The van der Waals surface area contributed by atoms with Gasteiger partial charge in [0.2, 0.25) is 10.0 Å². The minimum Gasteiger partial charge on any atom is -0.319 e. The number of thiophene rings is 1. The average Bonchev–Trinajstić information content (AvgIpc) is 2.86. The van der Waals surface area contributed by atoms with Gasteiger partial charge in [-0.25, -0.2) is 8.42 Å². The van der Waals surface area contributed by atoms with Crippen molar-refractivity contribution in [3.8, 4) is 0 Å². The maximum absolute atomic E-state index is 12.5. The van der Waals surface area contributed by atoms with E-state index in [1.165, 1.54) is 11.3 Å². The highest BCUT2D eigenvalue weighted by atomic mass is 79.9. The third-order valence-corrected chi connectivity index (χ3v) is 6.88. The standard InChI is InChI=1S/C11H17BrN2O2S2.ClH/c1-8-10(5-11(12)17-8)18(15,16)14-4-3-9(7-14)6-13-2;/h5,9,13H,3-4,6-7H2,1-2H3;1H. The SMILES string of the molecule is CNCC1CCN(S(=O)(=O)c2cc(Br)sc2C)C1.Cl. The fourth-order valence-electron chi connectivity index (χ4n) is 2.30. The van der Waals surface area contributed by atoms with E-state index in [0.717, 1.165) is 21.6 Å². The molecule has 19 heavy (non-hydrogen) atoms. The summed E-state index contributed by atoms with van der Waals surface area (Å²) in [6, 6.07) is 1.71. The third kappa shape index (κ3) is 3.71. The van der Waals surface area contributed by atoms with Crippen LogP contribution < -0.4 is 5.32 Å². The topological polar surface area (TPSA) is 49.4 Å². The van der Waals surface area contributed by atoms with Crippen molar-refractivity contribution in [1.82, 2.24) is 9.62 Å². The fourth-order valence-corrected chi connectivity index (χ4v) is 6.21. The molecule has 4 nitrogen and oxygen atoms in total. The van der Waals surface area contributed by atoms with Crippen molar-refractivity contribution in [2.75, 3.05) is 26.7 Å². The first-order valence-corrected chi connectivity index (χ1v) is 8.90. The molecule has 0 bridgehead atoms. The smallest absolute Gasteiger partial charge is 0.244 e. The highest BCUT2D eigenvalue weighted by Gasteiger charge is 2.33. The van der Waals surface area contributed by atoms with Crippen molar-refractivity contribution in [3.63, 3.8) is 0 Å². The van der Waals surface area contributed by atoms with Crippen LogP contribution in [0.15, 0.2) is 14.7 Å². The molecule has 110 valence electrons. The van der Waals surface area contributed by atoms with E-state index in [1.807, 2.05) is 14.0 Å². The predicted molar refractivity (Wildman–Crippen MR) is 84.8 cm³/mol. The van der Waals surface area contributed by atoms with Crippen LogP contribution in [-0.2, 0) is 10.0 Å². The first kappa shape index (κ1) is 17.4. The largest absolute Gasteiger partial charge is 0.319 e. The molecule has 1 aliphatic heterocycles. The van der Waals surface area contributed by atoms with Crippen molar-refractivity contribution < 1.29 is 8.42 Å². The molecule has 1 atom stereocenters. The first-order valence-electron chi connectivity index (χ1n) is 5.86. The van der Waals surface area contributed by atoms with Crippen LogP contribution in [0.3, 0.4) is 0 Å². The van der Waals surface area contributed by atoms with Crippen LogP contribution >= 0.6 is 39.7 Å². The van der Waals surface area contributed by atoms with E-state index in [9.17, 15) is 8.42 Å². The van der Waals surface area contributed by atoms with Gasteiger partial charge in [0, 0.05) is 18.0 Å². The zero-order valence-electron chi connectivity index (χ0n) is 10.8. The van der Waals surface area contributed by atoms with Gasteiger partial charge in [-0.1, -0.05) is 0 Å². The molecular weight excluding hydrogens is 372 g/mol. The molecule has 1 saturated heterocycles. The van der Waals surface area contributed by atoms with Gasteiger partial charge >= 0.3 is 0 Å². The molecule has 1 N–H and O–H groups in total. The van der Waals surface area contributed by atoms with Crippen LogP contribution in [0, 0.1) is 12.8 Å². The van der Waals surface area contributed by atoms with E-state index in [-0.39, 0.29) is 12.4 Å². The summed E-state index contributed by atoms with van der Waals surface area (Å²) < 4.78 is 27.5. The molecule has 1 aliphatic rings. The highest BCUT2D eigenvalue weighted by molar-refractivity contribution is 9.11. The van der Waals surface area contributed by atoms with E-state index in [0.29, 0.717) is 23.9 Å². The maximum atomic E-state index is 12.5. The van der Waals surface area contributed by atoms with Crippen LogP contribution in [0.5, 0.6) is 0 Å². The number of aryl methyl sites for hydroxylation is 1. The molecule has 0 aliphatic carbocycles. The first-order chi connectivity index (χ1) is 8.45. The van der Waals surface area contributed by atoms with Crippen LogP contribution in [0.1, 0.15) is 11.3 Å². The monoisotopic (exact) mass is 388 g/mol. The summed E-state index contributed by atoms with van der Waals surface area (Å²) in [4.78, 5) is 1.29. The van der Waals surface area contributed by atoms with Gasteiger partial charge in [-0.05, 0) is 54.9 Å². The molecule has 0 saturated carbocycles. The highest BCUT2D eigenvalue weighted by Crippen LogP contribution is 2.33. The number of halogens is 2. The van der Waals surface area contributed by atoms with E-state index >= 15 is 0 Å². The Bertz CT molecular complexity index is 533. The summed E-state index contributed by atoms with van der Waals surface area (Å²) in [7, 11) is -1.41. The Morgan fingerprint density at radius 3 is 2.79 bits per heavy atom. The van der Waals surface area contributed by atoms with Crippen molar-refractivity contribution in [2.45, 2.75) is 18.2 Å². The lowest BCUT2D eigenvalue weighted by molar-refractivity contribution is 0.451. The van der Waals surface area contributed by atoms with Crippen LogP contribution in [-0.4, -0.2) is 39.4 Å². The van der Waals surface area contributed by atoms with Gasteiger partial charge < -0.3 is 5.32 Å². The second-order valence-corrected chi connectivity index (χ2v) is 9.09. The molecule has 8 heteroatoms. The van der Waals surface area contributed by atoms with Crippen molar-refractivity contribution in [1.29, 1.82) is 0 Å². The third-order valence-electron chi connectivity index (χ3n) is 3.20. The molecule has 2 rings (SSSR count). The van der Waals surface area contributed by atoms with Gasteiger partial charge in [-0.3, -0.25) is 0 Å². The molecule has 1 aromatic rings. The molecule has 1 aromatic heterocycles. The molecule has 1 unspecified atom stereocenters. The molecule has 1 fully saturated rings. The number of nitrogens with zero attached hydrogens (tertiary/aromatic N) is 1. The molecule has 0 spiro atoms. The second kappa shape index (κ2) is 6.87. The summed E-state index contributed by atoms with van der Waals surface area (Å²) in [5.74, 6) is 0.423. The number of sulfonamides is 1. The Morgan fingerprint density at radius 1 is 1.58 bits per heavy atom.